The van der Waals surface area contributed by atoms with E-state index in [1.807, 2.05) is 68.4 Å². The van der Waals surface area contributed by atoms with Crippen molar-refractivity contribution in [1.29, 1.82) is 0 Å². The van der Waals surface area contributed by atoms with Gasteiger partial charge in [-0.2, -0.15) is 0 Å². The third kappa shape index (κ3) is 6.93. The monoisotopic (exact) mass is 549 g/mol. The van der Waals surface area contributed by atoms with Crippen molar-refractivity contribution in [2.45, 2.75) is 33.2 Å². The first-order valence-electron chi connectivity index (χ1n) is 14.0. The van der Waals surface area contributed by atoms with E-state index in [2.05, 4.69) is 15.5 Å². The molecule has 0 aromatic heterocycles. The maximum atomic E-state index is 13.5. The maximum Gasteiger partial charge on any atom is 0.338 e. The van der Waals surface area contributed by atoms with Crippen LogP contribution in [-0.4, -0.2) is 85.2 Å². The van der Waals surface area contributed by atoms with E-state index in [1.54, 1.807) is 16.7 Å². The largest absolute Gasteiger partial charge is 0.463 e. The first kappa shape index (κ1) is 28.9. The van der Waals surface area contributed by atoms with Crippen LogP contribution in [0.25, 0.3) is 0 Å². The van der Waals surface area contributed by atoms with Crippen LogP contribution in [0.4, 0.5) is 9.59 Å². The lowest BCUT2D eigenvalue weighted by atomic mass is 9.94. The molecule has 2 aliphatic rings. The van der Waals surface area contributed by atoms with Gasteiger partial charge in [0.25, 0.3) is 0 Å². The molecular formula is C30H39N5O5. The van der Waals surface area contributed by atoms with E-state index >= 15 is 0 Å². The number of rotatable bonds is 10. The Balaban J connectivity index is 1.62. The molecular weight excluding hydrogens is 510 g/mol. The molecule has 2 aromatic rings. The van der Waals surface area contributed by atoms with E-state index in [0.717, 1.165) is 12.0 Å². The fourth-order valence-corrected chi connectivity index (χ4v) is 4.95. The van der Waals surface area contributed by atoms with Crippen molar-refractivity contribution in [1.82, 2.24) is 25.3 Å². The molecule has 4 rings (SSSR count). The van der Waals surface area contributed by atoms with Crippen molar-refractivity contribution < 1.29 is 23.9 Å². The van der Waals surface area contributed by atoms with Crippen LogP contribution in [0.15, 0.2) is 65.9 Å². The Morgan fingerprint density at radius 1 is 0.975 bits per heavy atom. The Bertz CT molecular complexity index is 1210. The molecule has 0 aliphatic carbocycles. The van der Waals surface area contributed by atoms with Gasteiger partial charge in [-0.15, -0.1) is 0 Å². The maximum absolute atomic E-state index is 13.5. The molecule has 1 atom stereocenters. The minimum Gasteiger partial charge on any atom is -0.463 e. The van der Waals surface area contributed by atoms with E-state index in [1.165, 1.54) is 0 Å². The highest BCUT2D eigenvalue weighted by atomic mass is 16.5. The molecule has 10 nitrogen and oxygen atoms in total. The lowest BCUT2D eigenvalue weighted by molar-refractivity contribution is -0.139. The highest BCUT2D eigenvalue weighted by Gasteiger charge is 2.38. The molecule has 1 saturated heterocycles. The molecule has 0 radical (unpaired) electrons. The van der Waals surface area contributed by atoms with Crippen LogP contribution < -0.4 is 15.4 Å². The second-order valence-corrected chi connectivity index (χ2v) is 9.69. The van der Waals surface area contributed by atoms with Crippen molar-refractivity contribution in [2.75, 3.05) is 52.4 Å². The van der Waals surface area contributed by atoms with Gasteiger partial charge in [0.2, 0.25) is 0 Å². The van der Waals surface area contributed by atoms with Crippen molar-refractivity contribution in [3.05, 3.63) is 71.4 Å². The quantitative estimate of drug-likeness (QED) is 0.432. The number of esters is 1. The number of ether oxygens (including phenoxy) is 2. The van der Waals surface area contributed by atoms with Crippen LogP contribution in [0, 0.1) is 0 Å². The summed E-state index contributed by atoms with van der Waals surface area (Å²) in [6.45, 7) is 9.70. The first-order valence-corrected chi connectivity index (χ1v) is 14.0. The summed E-state index contributed by atoms with van der Waals surface area (Å²) in [6, 6.07) is 15.8. The SMILES string of the molecule is CCCNC(=O)N1CCN(CC2=C(C(=O)OCC)[C@@H](c3cccc(Oc4ccccc4)c3)NC(=O)N2CC)CC1. The number of urea groups is 2. The summed E-state index contributed by atoms with van der Waals surface area (Å²) >= 11 is 0. The lowest BCUT2D eigenvalue weighted by Crippen LogP contribution is -2.55. The van der Waals surface area contributed by atoms with Gasteiger partial charge in [-0.3, -0.25) is 9.80 Å². The van der Waals surface area contributed by atoms with Crippen molar-refractivity contribution in [3.8, 4) is 11.5 Å². The minimum atomic E-state index is -0.704. The average molecular weight is 550 g/mol. The molecule has 2 heterocycles. The van der Waals surface area contributed by atoms with E-state index in [9.17, 15) is 14.4 Å². The molecule has 10 heteroatoms. The zero-order valence-corrected chi connectivity index (χ0v) is 23.5. The van der Waals surface area contributed by atoms with Crippen LogP contribution in [0.5, 0.6) is 11.5 Å². The second kappa shape index (κ2) is 13.8. The van der Waals surface area contributed by atoms with Crippen molar-refractivity contribution in [3.63, 3.8) is 0 Å². The Morgan fingerprint density at radius 2 is 1.70 bits per heavy atom. The van der Waals surface area contributed by atoms with Crippen LogP contribution in [-0.2, 0) is 9.53 Å². The summed E-state index contributed by atoms with van der Waals surface area (Å²) in [7, 11) is 0. The zero-order chi connectivity index (χ0) is 28.5. The summed E-state index contributed by atoms with van der Waals surface area (Å²) in [5.74, 6) is 0.819. The molecule has 2 N–H and O–H groups in total. The molecule has 4 amide bonds. The smallest absolute Gasteiger partial charge is 0.338 e. The molecule has 40 heavy (non-hydrogen) atoms. The van der Waals surface area contributed by atoms with Crippen LogP contribution in [0.2, 0.25) is 0 Å². The third-order valence-corrected chi connectivity index (χ3v) is 6.98. The highest BCUT2D eigenvalue weighted by molar-refractivity contribution is 5.95. The molecule has 2 aliphatic heterocycles. The topological polar surface area (TPSA) is 103 Å². The van der Waals surface area contributed by atoms with E-state index in [0.29, 0.717) is 68.6 Å². The molecule has 0 bridgehead atoms. The van der Waals surface area contributed by atoms with Gasteiger partial charge in [-0.05, 0) is 50.1 Å². The van der Waals surface area contributed by atoms with Gasteiger partial charge in [-0.1, -0.05) is 37.3 Å². The summed E-state index contributed by atoms with van der Waals surface area (Å²) < 4.78 is 11.5. The Labute approximate surface area is 235 Å². The fourth-order valence-electron chi connectivity index (χ4n) is 4.95. The molecule has 0 spiro atoms. The summed E-state index contributed by atoms with van der Waals surface area (Å²) in [4.78, 5) is 44.8. The van der Waals surface area contributed by atoms with Crippen LogP contribution >= 0.6 is 0 Å². The Morgan fingerprint density at radius 3 is 2.38 bits per heavy atom. The lowest BCUT2D eigenvalue weighted by Gasteiger charge is -2.40. The van der Waals surface area contributed by atoms with Gasteiger partial charge in [0, 0.05) is 51.5 Å². The van der Waals surface area contributed by atoms with Gasteiger partial charge in [-0.25, -0.2) is 14.4 Å². The van der Waals surface area contributed by atoms with Crippen LogP contribution in [0.1, 0.15) is 38.8 Å². The number of nitrogens with one attached hydrogen (secondary N) is 2. The number of hydrogen-bond donors (Lipinski definition) is 2. The number of carbonyl (C=O) groups is 3. The highest BCUT2D eigenvalue weighted by Crippen LogP contribution is 2.34. The van der Waals surface area contributed by atoms with Gasteiger partial charge in [0.05, 0.1) is 18.2 Å². The number of amides is 4. The van der Waals surface area contributed by atoms with E-state index < -0.39 is 12.0 Å². The van der Waals surface area contributed by atoms with E-state index in [4.69, 9.17) is 9.47 Å². The molecule has 1 fully saturated rings. The third-order valence-electron chi connectivity index (χ3n) is 6.98. The van der Waals surface area contributed by atoms with Gasteiger partial charge in [0.1, 0.15) is 11.5 Å². The van der Waals surface area contributed by atoms with Crippen molar-refractivity contribution in [2.24, 2.45) is 0 Å². The fraction of sp³-hybridized carbons (Fsp3) is 0.433. The zero-order valence-electron chi connectivity index (χ0n) is 23.5. The summed E-state index contributed by atoms with van der Waals surface area (Å²) in [6.07, 6.45) is 0.883. The Kier molecular flexibility index (Phi) is 10.0. The van der Waals surface area contributed by atoms with Crippen LogP contribution in [0.3, 0.4) is 0 Å². The molecule has 0 saturated carbocycles. The molecule has 0 unspecified atom stereocenters. The van der Waals surface area contributed by atoms with E-state index in [-0.39, 0.29) is 18.7 Å². The number of nitrogens with zero attached hydrogens (tertiary/aromatic N) is 3. The van der Waals surface area contributed by atoms with Gasteiger partial charge in [0.15, 0.2) is 0 Å². The molecule has 214 valence electrons. The number of benzene rings is 2. The number of carbonyl (C=O) groups excluding carboxylic acids is 3. The second-order valence-electron chi connectivity index (χ2n) is 9.69. The summed E-state index contributed by atoms with van der Waals surface area (Å²) in [5.41, 5.74) is 1.74. The van der Waals surface area contributed by atoms with Gasteiger partial charge < -0.3 is 25.0 Å². The predicted molar refractivity (Wildman–Crippen MR) is 152 cm³/mol. The first-order chi connectivity index (χ1) is 19.4. The normalized spacial score (nSPS) is 17.9. The van der Waals surface area contributed by atoms with Gasteiger partial charge >= 0.3 is 18.0 Å². The number of likely N-dealkylation sites (N-methyl/N-ethyl adjacent to an activating group) is 1. The number of piperazine rings is 1. The predicted octanol–water partition coefficient (Wildman–Crippen LogP) is 4.12. The number of para-hydroxylation sites is 1. The standard InChI is InChI=1S/C30H39N5O5/c1-4-15-31-29(37)34-18-16-33(17-19-34)21-25-26(28(36)39-6-3)27(32-30(38)35(25)5-2)22-11-10-14-24(20-22)40-23-12-8-7-9-13-23/h7-14,20,27H,4-6,15-19,21H2,1-3H3,(H,31,37)(H,32,38)/t27-/m1/s1. The number of hydrogen-bond acceptors (Lipinski definition) is 6. The minimum absolute atomic E-state index is 0.0576. The average Bonchev–Trinajstić information content (AvgIpc) is 2.97. The Hall–Kier alpha value is -4.05. The summed E-state index contributed by atoms with van der Waals surface area (Å²) in [5, 5.41) is 5.94. The van der Waals surface area contributed by atoms with Crippen molar-refractivity contribution >= 4 is 18.0 Å². The molecule has 2 aromatic carbocycles.